The van der Waals surface area contributed by atoms with Crippen LogP contribution in [0.5, 0.6) is 23.0 Å². The van der Waals surface area contributed by atoms with Gasteiger partial charge in [0.05, 0.1) is 9.81 Å². The molecular formula is C35H35N5O8S4. The Balaban J connectivity index is 0.772. The summed E-state index contributed by atoms with van der Waals surface area (Å²) < 4.78 is 22.4. The minimum atomic E-state index is -0.222. The van der Waals surface area contributed by atoms with Crippen LogP contribution in [0.4, 0.5) is 0 Å². The Morgan fingerprint density at radius 3 is 1.83 bits per heavy atom. The predicted molar refractivity (Wildman–Crippen MR) is 205 cm³/mol. The molecule has 13 nitrogen and oxygen atoms in total. The number of nitrogens with one attached hydrogen (secondary N) is 1. The number of ether oxygens (including phenoxy) is 4. The van der Waals surface area contributed by atoms with Crippen LogP contribution in [0.15, 0.2) is 46.2 Å². The van der Waals surface area contributed by atoms with Gasteiger partial charge in [0.25, 0.3) is 11.8 Å². The highest BCUT2D eigenvalue weighted by molar-refractivity contribution is 8.27. The molecular weight excluding hydrogens is 747 g/mol. The molecule has 5 heterocycles. The first kappa shape index (κ1) is 36.2. The number of carbonyl (C=O) groups excluding carboxylic acids is 4. The Labute approximate surface area is 319 Å². The van der Waals surface area contributed by atoms with Gasteiger partial charge in [-0.05, 0) is 54.0 Å². The average molecular weight is 782 g/mol. The number of hydrogen-bond acceptors (Lipinski definition) is 13. The number of carbonyl (C=O) groups is 4. The van der Waals surface area contributed by atoms with E-state index in [1.807, 2.05) is 35.2 Å². The van der Waals surface area contributed by atoms with Gasteiger partial charge in [-0.2, -0.15) is 0 Å². The molecule has 52 heavy (non-hydrogen) atoms. The smallest absolute Gasteiger partial charge is 0.266 e. The topological polar surface area (TPSA) is 130 Å². The predicted octanol–water partition coefficient (Wildman–Crippen LogP) is 3.68. The summed E-state index contributed by atoms with van der Waals surface area (Å²) in [7, 11) is 0. The van der Waals surface area contributed by atoms with Crippen LogP contribution in [0.25, 0.3) is 12.2 Å². The van der Waals surface area contributed by atoms with Crippen molar-refractivity contribution in [1.29, 1.82) is 0 Å². The lowest BCUT2D eigenvalue weighted by Crippen LogP contribution is -2.50. The fourth-order valence-corrected chi connectivity index (χ4v) is 8.73. The summed E-state index contributed by atoms with van der Waals surface area (Å²) in [6.07, 6.45) is 4.53. The normalized spacial score (nSPS) is 19.9. The minimum absolute atomic E-state index is 0.0516. The highest BCUT2D eigenvalue weighted by atomic mass is 32.2. The largest absolute Gasteiger partial charge is 0.454 e. The van der Waals surface area contributed by atoms with Crippen molar-refractivity contribution in [2.24, 2.45) is 0 Å². The molecule has 0 unspecified atom stereocenters. The summed E-state index contributed by atoms with van der Waals surface area (Å²) in [6.45, 7) is 4.65. The molecule has 2 aromatic carbocycles. The molecule has 0 aliphatic carbocycles. The van der Waals surface area contributed by atoms with E-state index in [2.05, 4.69) is 10.2 Å². The van der Waals surface area contributed by atoms with Crippen molar-refractivity contribution >= 4 is 92.4 Å². The van der Waals surface area contributed by atoms with E-state index in [1.54, 1.807) is 23.1 Å². The molecule has 7 rings (SSSR count). The molecule has 3 fully saturated rings. The molecule has 3 saturated heterocycles. The molecule has 272 valence electrons. The fraction of sp³-hybridized carbons (Fsp3) is 0.371. The Morgan fingerprint density at radius 1 is 0.712 bits per heavy atom. The zero-order valence-corrected chi connectivity index (χ0v) is 31.3. The lowest BCUT2D eigenvalue weighted by molar-refractivity contribution is -0.133. The number of fused-ring (bicyclic) bond motifs is 2. The van der Waals surface area contributed by atoms with Crippen molar-refractivity contribution in [3.05, 3.63) is 57.3 Å². The summed E-state index contributed by atoms with van der Waals surface area (Å²) in [4.78, 5) is 59.7. The van der Waals surface area contributed by atoms with E-state index < -0.39 is 0 Å². The second-order valence-electron chi connectivity index (χ2n) is 12.3. The standard InChI is InChI=1S/C35H35N5O8S4/c41-30(7-10-40-33(44)29(52-35(40)50)19-23-4-6-25-27(17-23)48-21-46-25)36-8-11-37-12-14-38(15-13-37)31(42)2-1-9-39-32(43)28(51-34(39)49)18-22-3-5-24-26(16-22)47-20-45-24/h3-6,16-19H,1-2,7-15,20-21H2,(H,36,41)/b28-18-,29-19+. The molecule has 0 spiro atoms. The number of nitrogens with zero attached hydrogens (tertiary/aromatic N) is 4. The van der Waals surface area contributed by atoms with Gasteiger partial charge in [0.2, 0.25) is 25.4 Å². The van der Waals surface area contributed by atoms with Crippen molar-refractivity contribution in [3.8, 4) is 23.0 Å². The molecule has 1 N–H and O–H groups in total. The quantitative estimate of drug-likeness (QED) is 0.249. The first-order chi connectivity index (χ1) is 25.2. The molecule has 5 aliphatic heterocycles. The molecule has 5 aliphatic rings. The number of amides is 4. The van der Waals surface area contributed by atoms with Gasteiger partial charge in [-0.25, -0.2) is 0 Å². The lowest BCUT2D eigenvalue weighted by atomic mass is 10.2. The maximum absolute atomic E-state index is 13.0. The van der Waals surface area contributed by atoms with E-state index in [0.29, 0.717) is 100 Å². The van der Waals surface area contributed by atoms with Crippen LogP contribution in [0.3, 0.4) is 0 Å². The van der Waals surface area contributed by atoms with Gasteiger partial charge in [-0.15, -0.1) is 0 Å². The number of benzene rings is 2. The summed E-state index contributed by atoms with van der Waals surface area (Å²) in [5, 5.41) is 2.93. The van der Waals surface area contributed by atoms with Gasteiger partial charge < -0.3 is 29.2 Å². The van der Waals surface area contributed by atoms with Crippen molar-refractivity contribution in [2.45, 2.75) is 19.3 Å². The Hall–Kier alpha value is -4.16. The van der Waals surface area contributed by atoms with Crippen LogP contribution in [0, 0.1) is 0 Å². The highest BCUT2D eigenvalue weighted by Gasteiger charge is 2.33. The van der Waals surface area contributed by atoms with Crippen molar-refractivity contribution < 1.29 is 38.1 Å². The lowest BCUT2D eigenvalue weighted by Gasteiger charge is -2.35. The molecule has 0 bridgehead atoms. The molecule has 0 saturated carbocycles. The second-order valence-corrected chi connectivity index (χ2v) is 15.7. The molecule has 0 aromatic heterocycles. The number of thiocarbonyl (C=S) groups is 2. The van der Waals surface area contributed by atoms with Gasteiger partial charge >= 0.3 is 0 Å². The molecule has 2 aromatic rings. The number of hydrogen-bond donors (Lipinski definition) is 1. The Kier molecular flexibility index (Phi) is 11.3. The van der Waals surface area contributed by atoms with E-state index in [9.17, 15) is 19.2 Å². The zero-order chi connectivity index (χ0) is 36.2. The summed E-state index contributed by atoms with van der Waals surface area (Å²) in [6, 6.07) is 11.0. The van der Waals surface area contributed by atoms with Crippen molar-refractivity contribution in [3.63, 3.8) is 0 Å². The van der Waals surface area contributed by atoms with Crippen LogP contribution >= 0.6 is 48.0 Å². The van der Waals surface area contributed by atoms with Crippen LogP contribution in [-0.4, -0.2) is 118 Å². The van der Waals surface area contributed by atoms with E-state index >= 15 is 0 Å². The SMILES string of the molecule is O=C(CCN1C(=O)/C(=C\c2ccc3c(c2)OCO3)SC1=S)NCCN1CCN(C(=O)CCCN2C(=O)/C(=C/c3ccc4c(c3)OCO4)SC2=S)CC1. The van der Waals surface area contributed by atoms with Gasteiger partial charge in [0.15, 0.2) is 23.0 Å². The minimum Gasteiger partial charge on any atom is -0.454 e. The summed E-state index contributed by atoms with van der Waals surface area (Å²) in [5.41, 5.74) is 1.62. The first-order valence-corrected chi connectivity index (χ1v) is 19.2. The van der Waals surface area contributed by atoms with E-state index in [0.717, 1.165) is 11.1 Å². The van der Waals surface area contributed by atoms with E-state index in [-0.39, 0.29) is 50.2 Å². The van der Waals surface area contributed by atoms with Crippen molar-refractivity contribution in [1.82, 2.24) is 24.9 Å². The molecule has 0 atom stereocenters. The van der Waals surface area contributed by atoms with Gasteiger partial charge in [-0.3, -0.25) is 33.9 Å². The maximum Gasteiger partial charge on any atom is 0.266 e. The second kappa shape index (κ2) is 16.2. The van der Waals surface area contributed by atoms with Gasteiger partial charge in [0, 0.05) is 65.2 Å². The number of rotatable bonds is 12. The Bertz CT molecular complexity index is 1880. The maximum atomic E-state index is 13.0. The Morgan fingerprint density at radius 2 is 1.25 bits per heavy atom. The average Bonchev–Trinajstić information content (AvgIpc) is 3.92. The van der Waals surface area contributed by atoms with Gasteiger partial charge in [0.1, 0.15) is 8.64 Å². The highest BCUT2D eigenvalue weighted by Crippen LogP contribution is 2.38. The monoisotopic (exact) mass is 781 g/mol. The van der Waals surface area contributed by atoms with Crippen LogP contribution in [0.2, 0.25) is 0 Å². The van der Waals surface area contributed by atoms with Crippen LogP contribution in [-0.2, 0) is 19.2 Å². The van der Waals surface area contributed by atoms with Crippen LogP contribution in [0.1, 0.15) is 30.4 Å². The number of thioether (sulfide) groups is 2. The fourth-order valence-electron chi connectivity index (χ4n) is 6.12. The third kappa shape index (κ3) is 8.39. The van der Waals surface area contributed by atoms with Gasteiger partial charge in [-0.1, -0.05) is 60.1 Å². The molecule has 0 radical (unpaired) electrons. The summed E-state index contributed by atoms with van der Waals surface area (Å²) >= 11 is 13.4. The van der Waals surface area contributed by atoms with Crippen molar-refractivity contribution in [2.75, 3.05) is 65.9 Å². The third-order valence-electron chi connectivity index (χ3n) is 8.95. The summed E-state index contributed by atoms with van der Waals surface area (Å²) in [5.74, 6) is 2.13. The molecule has 4 amide bonds. The number of piperazine rings is 1. The van der Waals surface area contributed by atoms with Crippen LogP contribution < -0.4 is 24.3 Å². The zero-order valence-electron chi connectivity index (χ0n) is 28.0. The first-order valence-electron chi connectivity index (χ1n) is 16.8. The molecule has 17 heteroatoms. The van der Waals surface area contributed by atoms with E-state index in [4.69, 9.17) is 43.4 Å². The third-order valence-corrected chi connectivity index (χ3v) is 11.7. The van der Waals surface area contributed by atoms with E-state index in [1.165, 1.54) is 28.4 Å².